The van der Waals surface area contributed by atoms with Crippen molar-refractivity contribution in [2.24, 2.45) is 0 Å². The number of amides is 1. The van der Waals surface area contributed by atoms with Crippen molar-refractivity contribution < 1.29 is 4.79 Å². The number of halogens is 1. The molecule has 3 aromatic rings. The fraction of sp³-hybridized carbons (Fsp3) is 0.190. The third-order valence-electron chi connectivity index (χ3n) is 4.11. The number of rotatable bonds is 5. The van der Waals surface area contributed by atoms with Crippen LogP contribution in [0.3, 0.4) is 0 Å². The van der Waals surface area contributed by atoms with Crippen molar-refractivity contribution in [3.8, 4) is 0 Å². The third kappa shape index (κ3) is 5.05. The first-order valence-corrected chi connectivity index (χ1v) is 9.01. The molecule has 138 valence electrons. The van der Waals surface area contributed by atoms with Gasteiger partial charge in [-0.05, 0) is 50.1 Å². The van der Waals surface area contributed by atoms with Crippen molar-refractivity contribution in [3.63, 3.8) is 0 Å². The van der Waals surface area contributed by atoms with E-state index in [0.717, 1.165) is 11.1 Å². The molecule has 0 unspecified atom stereocenters. The lowest BCUT2D eigenvalue weighted by molar-refractivity contribution is 0.102. The van der Waals surface area contributed by atoms with Crippen LogP contribution in [0.4, 0.5) is 11.6 Å². The van der Waals surface area contributed by atoms with Gasteiger partial charge >= 0.3 is 0 Å². The van der Waals surface area contributed by atoms with Gasteiger partial charge in [0.1, 0.15) is 5.69 Å². The second kappa shape index (κ2) is 8.18. The van der Waals surface area contributed by atoms with Crippen molar-refractivity contribution in [3.05, 3.63) is 81.6 Å². The molecule has 2 aromatic carbocycles. The number of aromatic nitrogens is 2. The predicted molar refractivity (Wildman–Crippen MR) is 109 cm³/mol. The molecule has 3 rings (SSSR count). The van der Waals surface area contributed by atoms with Crippen molar-refractivity contribution in [1.82, 2.24) is 9.97 Å². The molecule has 1 amide bonds. The minimum Gasteiger partial charge on any atom is -0.350 e. The van der Waals surface area contributed by atoms with Crippen molar-refractivity contribution in [1.29, 1.82) is 0 Å². The minimum absolute atomic E-state index is 0.299. The van der Waals surface area contributed by atoms with Gasteiger partial charge in [-0.25, -0.2) is 9.97 Å². The topological polar surface area (TPSA) is 66.9 Å². The average molecular weight is 381 g/mol. The second-order valence-corrected chi connectivity index (χ2v) is 6.91. The van der Waals surface area contributed by atoms with Crippen LogP contribution in [-0.4, -0.2) is 15.9 Å². The SMILES string of the molecule is Cc1ccc(CNc2nc(C)cc(C(=O)Nc3cc(Cl)ccc3C)n2)cc1. The van der Waals surface area contributed by atoms with Crippen LogP contribution in [0.5, 0.6) is 0 Å². The van der Waals surface area contributed by atoms with Gasteiger partial charge in [-0.3, -0.25) is 4.79 Å². The highest BCUT2D eigenvalue weighted by Crippen LogP contribution is 2.21. The molecule has 0 spiro atoms. The zero-order valence-corrected chi connectivity index (χ0v) is 16.3. The molecule has 0 radical (unpaired) electrons. The summed E-state index contributed by atoms with van der Waals surface area (Å²) in [5.74, 6) is 0.118. The Morgan fingerprint density at radius 1 is 1.00 bits per heavy atom. The average Bonchev–Trinajstić information content (AvgIpc) is 2.64. The summed E-state index contributed by atoms with van der Waals surface area (Å²) in [6, 6.07) is 15.2. The molecular weight excluding hydrogens is 360 g/mol. The number of anilines is 2. The molecule has 1 aromatic heterocycles. The number of nitrogens with one attached hydrogen (secondary N) is 2. The smallest absolute Gasteiger partial charge is 0.274 e. The Hall–Kier alpha value is -2.92. The van der Waals surface area contributed by atoms with E-state index in [1.807, 2.05) is 39.0 Å². The maximum atomic E-state index is 12.6. The highest BCUT2D eigenvalue weighted by molar-refractivity contribution is 6.31. The van der Waals surface area contributed by atoms with Gasteiger partial charge in [-0.15, -0.1) is 0 Å². The van der Waals surface area contributed by atoms with E-state index in [9.17, 15) is 4.79 Å². The number of hydrogen-bond acceptors (Lipinski definition) is 4. The Morgan fingerprint density at radius 3 is 2.48 bits per heavy atom. The van der Waals surface area contributed by atoms with Crippen LogP contribution >= 0.6 is 11.6 Å². The number of aryl methyl sites for hydroxylation is 3. The van der Waals surface area contributed by atoms with Gasteiger partial charge < -0.3 is 10.6 Å². The number of hydrogen-bond donors (Lipinski definition) is 2. The normalized spacial score (nSPS) is 10.5. The van der Waals surface area contributed by atoms with Crippen LogP contribution in [-0.2, 0) is 6.54 Å². The van der Waals surface area contributed by atoms with Gasteiger partial charge in [-0.2, -0.15) is 0 Å². The van der Waals surface area contributed by atoms with Gasteiger partial charge in [0.05, 0.1) is 0 Å². The lowest BCUT2D eigenvalue weighted by Gasteiger charge is -2.11. The number of carbonyl (C=O) groups excluding carboxylic acids is 1. The first-order valence-electron chi connectivity index (χ1n) is 8.63. The minimum atomic E-state index is -0.302. The van der Waals surface area contributed by atoms with E-state index >= 15 is 0 Å². The van der Waals surface area contributed by atoms with Gasteiger partial charge in [0.2, 0.25) is 5.95 Å². The van der Waals surface area contributed by atoms with E-state index in [1.165, 1.54) is 5.56 Å². The van der Waals surface area contributed by atoms with Gasteiger partial charge in [0.15, 0.2) is 0 Å². The standard InChI is InChI=1S/C21H21ClN4O/c1-13-4-7-16(8-5-13)12-23-21-24-15(3)10-19(26-21)20(27)25-18-11-17(22)9-6-14(18)2/h4-11H,12H2,1-3H3,(H,25,27)(H,23,24,26). The van der Waals surface area contributed by atoms with Crippen LogP contribution in [0, 0.1) is 20.8 Å². The van der Waals surface area contributed by atoms with Crippen molar-refractivity contribution in [2.75, 3.05) is 10.6 Å². The Kier molecular flexibility index (Phi) is 5.72. The second-order valence-electron chi connectivity index (χ2n) is 6.47. The first kappa shape index (κ1) is 18.9. The maximum Gasteiger partial charge on any atom is 0.274 e. The number of carbonyl (C=O) groups is 1. The number of nitrogens with zero attached hydrogens (tertiary/aromatic N) is 2. The molecule has 0 aliphatic heterocycles. The molecule has 6 heteroatoms. The van der Waals surface area contributed by atoms with Crippen LogP contribution in [0.1, 0.15) is 32.9 Å². The molecule has 0 saturated carbocycles. The summed E-state index contributed by atoms with van der Waals surface area (Å²) in [5.41, 5.74) is 4.93. The summed E-state index contributed by atoms with van der Waals surface area (Å²) in [7, 11) is 0. The predicted octanol–water partition coefficient (Wildman–Crippen LogP) is 4.92. The lowest BCUT2D eigenvalue weighted by atomic mass is 10.1. The van der Waals surface area contributed by atoms with Gasteiger partial charge in [0.25, 0.3) is 5.91 Å². The van der Waals surface area contributed by atoms with Crippen LogP contribution in [0.2, 0.25) is 5.02 Å². The lowest BCUT2D eigenvalue weighted by Crippen LogP contribution is -2.16. The highest BCUT2D eigenvalue weighted by atomic mass is 35.5. The summed E-state index contributed by atoms with van der Waals surface area (Å²) in [6.07, 6.45) is 0. The van der Waals surface area contributed by atoms with E-state index < -0.39 is 0 Å². The van der Waals surface area contributed by atoms with E-state index in [1.54, 1.807) is 18.2 Å². The summed E-state index contributed by atoms with van der Waals surface area (Å²) >= 11 is 6.02. The molecule has 1 heterocycles. The largest absolute Gasteiger partial charge is 0.350 e. The van der Waals surface area contributed by atoms with Crippen molar-refractivity contribution in [2.45, 2.75) is 27.3 Å². The van der Waals surface area contributed by atoms with Gasteiger partial charge in [-0.1, -0.05) is 47.5 Å². The molecule has 0 saturated heterocycles. The summed E-state index contributed by atoms with van der Waals surface area (Å²) in [5, 5.41) is 6.60. The zero-order chi connectivity index (χ0) is 19.4. The van der Waals surface area contributed by atoms with Crippen molar-refractivity contribution >= 4 is 29.1 Å². The highest BCUT2D eigenvalue weighted by Gasteiger charge is 2.12. The first-order chi connectivity index (χ1) is 12.9. The van der Waals surface area contributed by atoms with Crippen LogP contribution in [0.15, 0.2) is 48.5 Å². The summed E-state index contributed by atoms with van der Waals surface area (Å²) < 4.78 is 0. The van der Waals surface area contributed by atoms with Crippen LogP contribution in [0.25, 0.3) is 0 Å². The molecule has 0 fully saturated rings. The molecule has 0 aliphatic rings. The summed E-state index contributed by atoms with van der Waals surface area (Å²) in [6.45, 7) is 6.37. The maximum absolute atomic E-state index is 12.6. The molecule has 27 heavy (non-hydrogen) atoms. The van der Waals surface area contributed by atoms with E-state index in [-0.39, 0.29) is 5.91 Å². The molecule has 2 N–H and O–H groups in total. The van der Waals surface area contributed by atoms with E-state index in [4.69, 9.17) is 11.6 Å². The van der Waals surface area contributed by atoms with E-state index in [0.29, 0.717) is 34.6 Å². The summed E-state index contributed by atoms with van der Waals surface area (Å²) in [4.78, 5) is 21.3. The molecular formula is C21H21ClN4O. The molecule has 0 atom stereocenters. The molecule has 0 bridgehead atoms. The van der Waals surface area contributed by atoms with Crippen LogP contribution < -0.4 is 10.6 Å². The number of benzene rings is 2. The zero-order valence-electron chi connectivity index (χ0n) is 15.5. The molecule has 5 nitrogen and oxygen atoms in total. The fourth-order valence-corrected chi connectivity index (χ4v) is 2.74. The third-order valence-corrected chi connectivity index (χ3v) is 4.34. The Labute approximate surface area is 163 Å². The monoisotopic (exact) mass is 380 g/mol. The quantitative estimate of drug-likeness (QED) is 0.659. The Morgan fingerprint density at radius 2 is 1.74 bits per heavy atom. The molecule has 0 aliphatic carbocycles. The Bertz CT molecular complexity index is 970. The fourth-order valence-electron chi connectivity index (χ4n) is 2.57. The Balaban J connectivity index is 1.74. The van der Waals surface area contributed by atoms with Gasteiger partial charge in [0, 0.05) is 22.9 Å². The van der Waals surface area contributed by atoms with E-state index in [2.05, 4.69) is 32.7 Å².